The van der Waals surface area contributed by atoms with E-state index in [0.717, 1.165) is 35.6 Å². The van der Waals surface area contributed by atoms with Gasteiger partial charge in [0.05, 0.1) is 5.39 Å². The van der Waals surface area contributed by atoms with Gasteiger partial charge in [-0.15, -0.1) is 11.3 Å². The fourth-order valence-electron chi connectivity index (χ4n) is 4.14. The quantitative estimate of drug-likeness (QED) is 0.839. The van der Waals surface area contributed by atoms with Gasteiger partial charge in [0.1, 0.15) is 16.5 Å². The number of thiophene rings is 1. The number of anilines is 1. The van der Waals surface area contributed by atoms with Crippen molar-refractivity contribution in [1.82, 2.24) is 14.9 Å². The highest BCUT2D eigenvalue weighted by atomic mass is 32.1. The molecule has 2 aromatic rings. The predicted octanol–water partition coefficient (Wildman–Crippen LogP) is 3.76. The molecule has 3 heterocycles. The zero-order valence-corrected chi connectivity index (χ0v) is 15.0. The summed E-state index contributed by atoms with van der Waals surface area (Å²) in [7, 11) is 0. The summed E-state index contributed by atoms with van der Waals surface area (Å²) in [5.74, 6) is 2.05. The molecular weight excluding hydrogens is 304 g/mol. The van der Waals surface area contributed by atoms with Gasteiger partial charge in [-0.05, 0) is 37.6 Å². The summed E-state index contributed by atoms with van der Waals surface area (Å²) < 4.78 is 0. The van der Waals surface area contributed by atoms with E-state index in [1.165, 1.54) is 56.1 Å². The largest absolute Gasteiger partial charge is 0.353 e. The van der Waals surface area contributed by atoms with Gasteiger partial charge in [-0.25, -0.2) is 9.97 Å². The molecule has 2 aliphatic rings. The Labute approximate surface area is 142 Å². The van der Waals surface area contributed by atoms with E-state index in [2.05, 4.69) is 27.1 Å². The molecular formula is C18H26N4S. The van der Waals surface area contributed by atoms with E-state index in [1.807, 2.05) is 6.92 Å². The fraction of sp³-hybridized carbons (Fsp3) is 0.667. The van der Waals surface area contributed by atoms with Gasteiger partial charge in [0.15, 0.2) is 0 Å². The molecule has 4 rings (SSSR count). The Hall–Kier alpha value is -1.20. The van der Waals surface area contributed by atoms with Gasteiger partial charge < -0.3 is 4.90 Å². The van der Waals surface area contributed by atoms with Crippen LogP contribution >= 0.6 is 11.3 Å². The van der Waals surface area contributed by atoms with E-state index in [9.17, 15) is 0 Å². The van der Waals surface area contributed by atoms with Crippen LogP contribution in [0.3, 0.4) is 0 Å². The first-order valence-electron chi connectivity index (χ1n) is 8.94. The highest BCUT2D eigenvalue weighted by Gasteiger charge is 2.27. The Morgan fingerprint density at radius 3 is 2.48 bits per heavy atom. The average molecular weight is 331 g/mol. The fourth-order valence-corrected chi connectivity index (χ4v) is 5.10. The molecule has 0 unspecified atom stereocenters. The molecule has 0 atom stereocenters. The number of aryl methyl sites for hydroxylation is 2. The highest BCUT2D eigenvalue weighted by molar-refractivity contribution is 7.17. The van der Waals surface area contributed by atoms with Crippen LogP contribution in [-0.2, 0) is 0 Å². The second-order valence-electron chi connectivity index (χ2n) is 7.01. The molecule has 1 saturated carbocycles. The Balaban J connectivity index is 1.53. The van der Waals surface area contributed by atoms with Gasteiger partial charge in [-0.2, -0.15) is 0 Å². The topological polar surface area (TPSA) is 32.3 Å². The van der Waals surface area contributed by atoms with Crippen LogP contribution < -0.4 is 4.90 Å². The number of aromatic nitrogens is 2. The first-order valence-corrected chi connectivity index (χ1v) is 9.82. The molecule has 124 valence electrons. The molecule has 0 N–H and O–H groups in total. The van der Waals surface area contributed by atoms with Crippen molar-refractivity contribution in [1.29, 1.82) is 0 Å². The van der Waals surface area contributed by atoms with Gasteiger partial charge in [-0.3, -0.25) is 4.90 Å². The van der Waals surface area contributed by atoms with Crippen LogP contribution in [0.4, 0.5) is 5.82 Å². The van der Waals surface area contributed by atoms with Crippen molar-refractivity contribution in [3.05, 3.63) is 16.8 Å². The maximum atomic E-state index is 4.80. The molecule has 0 radical (unpaired) electrons. The lowest BCUT2D eigenvalue weighted by molar-refractivity contribution is 0.148. The monoisotopic (exact) mass is 330 g/mol. The van der Waals surface area contributed by atoms with Crippen molar-refractivity contribution in [3.8, 4) is 0 Å². The molecule has 0 aromatic carbocycles. The number of fused-ring (bicyclic) bond motifs is 1. The van der Waals surface area contributed by atoms with E-state index >= 15 is 0 Å². The third kappa shape index (κ3) is 2.96. The predicted molar refractivity (Wildman–Crippen MR) is 97.5 cm³/mol. The second-order valence-corrected chi connectivity index (χ2v) is 7.87. The molecule has 1 aliphatic carbocycles. The lowest BCUT2D eigenvalue weighted by Crippen LogP contribution is -2.51. The van der Waals surface area contributed by atoms with Crippen LogP contribution in [0.2, 0.25) is 0 Å². The van der Waals surface area contributed by atoms with Crippen molar-refractivity contribution >= 4 is 27.4 Å². The molecule has 0 amide bonds. The summed E-state index contributed by atoms with van der Waals surface area (Å²) in [6.45, 7) is 8.74. The lowest BCUT2D eigenvalue weighted by atomic mass is 9.94. The first-order chi connectivity index (χ1) is 11.2. The number of hydrogen-bond acceptors (Lipinski definition) is 5. The van der Waals surface area contributed by atoms with Crippen LogP contribution in [0.1, 0.15) is 43.5 Å². The molecule has 0 spiro atoms. The third-order valence-corrected chi connectivity index (χ3v) is 6.41. The van der Waals surface area contributed by atoms with E-state index < -0.39 is 0 Å². The molecule has 23 heavy (non-hydrogen) atoms. The minimum absolute atomic E-state index is 0.834. The van der Waals surface area contributed by atoms with Gasteiger partial charge in [-0.1, -0.05) is 19.3 Å². The molecule has 1 aliphatic heterocycles. The molecule has 2 aromatic heterocycles. The smallest absolute Gasteiger partial charge is 0.141 e. The van der Waals surface area contributed by atoms with Crippen LogP contribution in [0, 0.1) is 13.8 Å². The summed E-state index contributed by atoms with van der Waals surface area (Å²) in [5, 5.41) is 3.48. The van der Waals surface area contributed by atoms with E-state index in [4.69, 9.17) is 4.98 Å². The van der Waals surface area contributed by atoms with Crippen LogP contribution in [0.15, 0.2) is 5.38 Å². The van der Waals surface area contributed by atoms with Gasteiger partial charge in [0.2, 0.25) is 0 Å². The Bertz CT molecular complexity index is 682. The summed E-state index contributed by atoms with van der Waals surface area (Å²) >= 11 is 1.74. The van der Waals surface area contributed by atoms with Crippen molar-refractivity contribution in [2.45, 2.75) is 52.0 Å². The number of piperazine rings is 1. The van der Waals surface area contributed by atoms with Gasteiger partial charge in [0, 0.05) is 32.2 Å². The SMILES string of the molecule is Cc1nc(N2CCN(C3CCCCC3)CC2)c2c(C)csc2n1. The second kappa shape index (κ2) is 6.36. The minimum atomic E-state index is 0.834. The molecule has 1 saturated heterocycles. The molecule has 5 heteroatoms. The van der Waals surface area contributed by atoms with Crippen molar-refractivity contribution in [3.63, 3.8) is 0 Å². The summed E-state index contributed by atoms with van der Waals surface area (Å²) in [5.41, 5.74) is 1.31. The first kappa shape index (κ1) is 15.3. The maximum Gasteiger partial charge on any atom is 0.141 e. The zero-order valence-electron chi connectivity index (χ0n) is 14.2. The van der Waals surface area contributed by atoms with E-state index in [0.29, 0.717) is 0 Å². The van der Waals surface area contributed by atoms with Crippen molar-refractivity contribution < 1.29 is 0 Å². The van der Waals surface area contributed by atoms with Gasteiger partial charge >= 0.3 is 0 Å². The third-order valence-electron chi connectivity index (χ3n) is 5.42. The normalized spacial score (nSPS) is 21.2. The van der Waals surface area contributed by atoms with Gasteiger partial charge in [0.25, 0.3) is 0 Å². The van der Waals surface area contributed by atoms with Crippen LogP contribution in [0.25, 0.3) is 10.2 Å². The zero-order chi connectivity index (χ0) is 15.8. The Morgan fingerprint density at radius 1 is 1.00 bits per heavy atom. The summed E-state index contributed by atoms with van der Waals surface area (Å²) in [6.07, 6.45) is 7.09. The average Bonchev–Trinajstić information content (AvgIpc) is 2.96. The lowest BCUT2D eigenvalue weighted by Gasteiger charge is -2.41. The molecule has 4 nitrogen and oxygen atoms in total. The van der Waals surface area contributed by atoms with E-state index in [-0.39, 0.29) is 0 Å². The summed E-state index contributed by atoms with van der Waals surface area (Å²) in [6, 6.07) is 0.834. The Kier molecular flexibility index (Phi) is 4.24. The standard InChI is InChI=1S/C18H26N4S/c1-13-12-23-18-16(13)17(19-14(2)20-18)22-10-8-21(9-11-22)15-6-4-3-5-7-15/h12,15H,3-11H2,1-2H3. The van der Waals surface area contributed by atoms with Crippen LogP contribution in [0.5, 0.6) is 0 Å². The number of hydrogen-bond donors (Lipinski definition) is 0. The summed E-state index contributed by atoms with van der Waals surface area (Å²) in [4.78, 5) is 15.8. The Morgan fingerprint density at radius 2 is 1.74 bits per heavy atom. The highest BCUT2D eigenvalue weighted by Crippen LogP contribution is 2.32. The van der Waals surface area contributed by atoms with Crippen molar-refractivity contribution in [2.24, 2.45) is 0 Å². The van der Waals surface area contributed by atoms with Crippen molar-refractivity contribution in [2.75, 3.05) is 31.1 Å². The number of rotatable bonds is 2. The van der Waals surface area contributed by atoms with E-state index in [1.54, 1.807) is 11.3 Å². The molecule has 0 bridgehead atoms. The molecule has 2 fully saturated rings. The van der Waals surface area contributed by atoms with Crippen LogP contribution in [-0.4, -0.2) is 47.1 Å². The number of nitrogens with zero attached hydrogens (tertiary/aromatic N) is 4. The maximum absolute atomic E-state index is 4.80. The minimum Gasteiger partial charge on any atom is -0.353 e.